The van der Waals surface area contributed by atoms with E-state index in [2.05, 4.69) is 5.32 Å². The average Bonchev–Trinajstić information content (AvgIpc) is 2.86. The van der Waals surface area contributed by atoms with E-state index in [9.17, 15) is 9.90 Å². The highest BCUT2D eigenvalue weighted by molar-refractivity contribution is 5.91. The first kappa shape index (κ1) is 10.8. The topological polar surface area (TPSA) is 75.3 Å². The highest BCUT2D eigenvalue weighted by atomic mass is 16.3. The Kier molecular flexibility index (Phi) is 3.71. The van der Waals surface area contributed by atoms with Crippen LogP contribution in [0.1, 0.15) is 19.8 Å². The first-order chi connectivity index (χ1) is 6.59. The van der Waals surface area contributed by atoms with E-state index < -0.39 is 12.1 Å². The summed E-state index contributed by atoms with van der Waals surface area (Å²) in [5, 5.41) is 11.6. The second-order valence-corrected chi connectivity index (χ2v) is 3.54. The molecule has 0 aromatic heterocycles. The largest absolute Gasteiger partial charge is 0.503 e. The minimum atomic E-state index is -0.541. The molecule has 1 atom stereocenters. The van der Waals surface area contributed by atoms with Crippen molar-refractivity contribution >= 4 is 5.91 Å². The van der Waals surface area contributed by atoms with Gasteiger partial charge in [0.05, 0.1) is 6.17 Å². The molecule has 4 nitrogen and oxygen atoms in total. The Morgan fingerprint density at radius 2 is 2.29 bits per heavy atom. The van der Waals surface area contributed by atoms with Gasteiger partial charge in [-0.3, -0.25) is 4.79 Å². The van der Waals surface area contributed by atoms with Crippen LogP contribution in [0.3, 0.4) is 0 Å². The van der Waals surface area contributed by atoms with E-state index in [1.54, 1.807) is 13.0 Å². The minimum absolute atomic E-state index is 0.306. The lowest BCUT2D eigenvalue weighted by Crippen LogP contribution is -2.39. The van der Waals surface area contributed by atoms with Crippen LogP contribution in [-0.4, -0.2) is 17.2 Å². The lowest BCUT2D eigenvalue weighted by Gasteiger charge is -2.06. The highest BCUT2D eigenvalue weighted by Gasteiger charge is 2.16. The second-order valence-electron chi connectivity index (χ2n) is 3.54. The van der Waals surface area contributed by atoms with Crippen LogP contribution in [0.4, 0.5) is 0 Å². The van der Waals surface area contributed by atoms with Crippen molar-refractivity contribution in [1.82, 2.24) is 5.32 Å². The number of amides is 1. The van der Waals surface area contributed by atoms with E-state index in [1.807, 2.05) is 6.08 Å². The molecule has 1 aliphatic rings. The molecule has 1 aliphatic carbocycles. The monoisotopic (exact) mass is 196 g/mol. The van der Waals surface area contributed by atoms with Gasteiger partial charge in [-0.1, -0.05) is 12.2 Å². The number of hydrogen-bond donors (Lipinski definition) is 3. The number of carbonyl (C=O) groups excluding carboxylic acids is 1. The zero-order valence-corrected chi connectivity index (χ0v) is 8.23. The third-order valence-electron chi connectivity index (χ3n) is 1.85. The molecular weight excluding hydrogens is 180 g/mol. The first-order valence-electron chi connectivity index (χ1n) is 4.73. The summed E-state index contributed by atoms with van der Waals surface area (Å²) < 4.78 is 0. The molecule has 1 saturated carbocycles. The fourth-order valence-electron chi connectivity index (χ4n) is 0.949. The zero-order chi connectivity index (χ0) is 10.6. The third-order valence-corrected chi connectivity index (χ3v) is 1.85. The van der Waals surface area contributed by atoms with Crippen molar-refractivity contribution in [2.45, 2.75) is 25.9 Å². The molecular formula is C10H16N2O2. The molecule has 1 unspecified atom stereocenters. The van der Waals surface area contributed by atoms with Gasteiger partial charge >= 0.3 is 0 Å². The number of aliphatic hydroxyl groups is 1. The van der Waals surface area contributed by atoms with Gasteiger partial charge in [0.1, 0.15) is 0 Å². The van der Waals surface area contributed by atoms with E-state index in [4.69, 9.17) is 5.73 Å². The molecule has 0 radical (unpaired) electrons. The number of nitrogens with two attached hydrogens (primary N) is 1. The Morgan fingerprint density at radius 1 is 1.64 bits per heavy atom. The van der Waals surface area contributed by atoms with E-state index in [1.165, 1.54) is 18.9 Å². The fraction of sp³-hybridized carbons (Fsp3) is 0.500. The molecule has 78 valence electrons. The van der Waals surface area contributed by atoms with Gasteiger partial charge in [-0.25, -0.2) is 0 Å². The Morgan fingerprint density at radius 3 is 2.79 bits per heavy atom. The molecule has 4 N–H and O–H groups in total. The summed E-state index contributed by atoms with van der Waals surface area (Å²) in [7, 11) is 0. The summed E-state index contributed by atoms with van der Waals surface area (Å²) in [4.78, 5) is 11.1. The van der Waals surface area contributed by atoms with Gasteiger partial charge in [-0.05, 0) is 31.8 Å². The molecule has 0 spiro atoms. The maximum atomic E-state index is 11.1. The molecule has 1 rings (SSSR count). The quantitative estimate of drug-likeness (QED) is 0.269. The molecule has 14 heavy (non-hydrogen) atoms. The average molecular weight is 196 g/mol. The molecule has 4 heteroatoms. The van der Waals surface area contributed by atoms with Gasteiger partial charge in [0.25, 0.3) is 5.91 Å². The SMILES string of the molecule is CC(N)NC(=O)/C(O)=C/C=C/C1CC1. The third kappa shape index (κ3) is 4.09. The van der Waals surface area contributed by atoms with Crippen LogP contribution in [0.2, 0.25) is 0 Å². The zero-order valence-electron chi connectivity index (χ0n) is 8.23. The van der Waals surface area contributed by atoms with Gasteiger partial charge in [-0.2, -0.15) is 0 Å². The van der Waals surface area contributed by atoms with Crippen molar-refractivity contribution in [3.8, 4) is 0 Å². The predicted molar refractivity (Wildman–Crippen MR) is 54.4 cm³/mol. The number of allylic oxidation sites excluding steroid dienone is 3. The Labute approximate surface area is 83.5 Å². The van der Waals surface area contributed by atoms with Crippen LogP contribution in [-0.2, 0) is 4.79 Å². The van der Waals surface area contributed by atoms with E-state index in [-0.39, 0.29) is 5.76 Å². The van der Waals surface area contributed by atoms with Crippen LogP contribution < -0.4 is 11.1 Å². The number of nitrogens with one attached hydrogen (secondary N) is 1. The van der Waals surface area contributed by atoms with Crippen molar-refractivity contribution in [1.29, 1.82) is 0 Å². The van der Waals surface area contributed by atoms with E-state index in [0.29, 0.717) is 5.92 Å². The number of hydrogen-bond acceptors (Lipinski definition) is 3. The first-order valence-corrected chi connectivity index (χ1v) is 4.73. The molecule has 1 amide bonds. The van der Waals surface area contributed by atoms with Gasteiger partial charge in [0.2, 0.25) is 0 Å². The molecule has 0 aliphatic heterocycles. The second kappa shape index (κ2) is 4.81. The minimum Gasteiger partial charge on any atom is -0.503 e. The number of aliphatic hydroxyl groups excluding tert-OH is 1. The van der Waals surface area contributed by atoms with Crippen LogP contribution in [0.15, 0.2) is 24.0 Å². The Bertz CT molecular complexity index is 265. The fourth-order valence-corrected chi connectivity index (χ4v) is 0.949. The lowest BCUT2D eigenvalue weighted by molar-refractivity contribution is -0.120. The van der Waals surface area contributed by atoms with Crippen LogP contribution >= 0.6 is 0 Å². The summed E-state index contributed by atoms with van der Waals surface area (Å²) in [6.45, 7) is 1.63. The van der Waals surface area contributed by atoms with Crippen molar-refractivity contribution < 1.29 is 9.90 Å². The van der Waals surface area contributed by atoms with Crippen molar-refractivity contribution in [2.24, 2.45) is 11.7 Å². The summed E-state index contributed by atoms with van der Waals surface area (Å²) >= 11 is 0. The normalized spacial score (nSPS) is 19.7. The standard InChI is InChI=1S/C10H16N2O2/c1-7(11)12-10(14)9(13)4-2-3-8-5-6-8/h2-4,7-8,13H,5-6,11H2,1H3,(H,12,14)/b3-2+,9-4-. The number of carbonyl (C=O) groups is 1. The van der Waals surface area contributed by atoms with Crippen LogP contribution in [0.5, 0.6) is 0 Å². The van der Waals surface area contributed by atoms with Crippen molar-refractivity contribution in [2.75, 3.05) is 0 Å². The summed E-state index contributed by atoms with van der Waals surface area (Å²) in [5.74, 6) is -0.213. The maximum absolute atomic E-state index is 11.1. The molecule has 0 aromatic carbocycles. The molecule has 0 saturated heterocycles. The maximum Gasteiger partial charge on any atom is 0.287 e. The molecule has 1 fully saturated rings. The van der Waals surface area contributed by atoms with Crippen molar-refractivity contribution in [3.05, 3.63) is 24.0 Å². The van der Waals surface area contributed by atoms with E-state index in [0.717, 1.165) is 0 Å². The van der Waals surface area contributed by atoms with Gasteiger partial charge in [0, 0.05) is 0 Å². The van der Waals surface area contributed by atoms with Gasteiger partial charge in [0.15, 0.2) is 5.76 Å². The highest BCUT2D eigenvalue weighted by Crippen LogP contribution is 2.29. The molecule has 0 bridgehead atoms. The Hall–Kier alpha value is -1.29. The predicted octanol–water partition coefficient (Wildman–Crippen LogP) is 0.815. The van der Waals surface area contributed by atoms with Gasteiger partial charge in [-0.15, -0.1) is 0 Å². The van der Waals surface area contributed by atoms with Crippen LogP contribution in [0.25, 0.3) is 0 Å². The van der Waals surface area contributed by atoms with Gasteiger partial charge < -0.3 is 16.2 Å². The lowest BCUT2D eigenvalue weighted by atomic mass is 10.3. The Balaban J connectivity index is 2.37. The summed E-state index contributed by atoms with van der Waals surface area (Å²) in [5.41, 5.74) is 5.33. The molecule has 0 heterocycles. The summed E-state index contributed by atoms with van der Waals surface area (Å²) in [6.07, 6.45) is 7.03. The smallest absolute Gasteiger partial charge is 0.287 e. The molecule has 0 aromatic rings. The van der Waals surface area contributed by atoms with E-state index >= 15 is 0 Å². The van der Waals surface area contributed by atoms with Crippen LogP contribution in [0, 0.1) is 5.92 Å². The number of rotatable bonds is 4. The summed E-state index contributed by atoms with van der Waals surface area (Å²) in [6, 6.07) is 0. The van der Waals surface area contributed by atoms with Crippen molar-refractivity contribution in [3.63, 3.8) is 0 Å².